The maximum atomic E-state index is 12.4. The lowest BCUT2D eigenvalue weighted by atomic mass is 10.00. The SMILES string of the molecule is CCNC(=O)c1c(C)nc(N)nc1-c1ccc(-c2ccccc2)cc1. The van der Waals surface area contributed by atoms with Crippen molar-refractivity contribution >= 4 is 11.9 Å². The fraction of sp³-hybridized carbons (Fsp3) is 0.150. The van der Waals surface area contributed by atoms with E-state index in [0.717, 1.165) is 16.7 Å². The first-order valence-corrected chi connectivity index (χ1v) is 8.18. The van der Waals surface area contributed by atoms with Crippen LogP contribution in [0.5, 0.6) is 0 Å². The number of amides is 1. The Labute approximate surface area is 146 Å². The molecule has 5 heteroatoms. The van der Waals surface area contributed by atoms with Gasteiger partial charge in [0.2, 0.25) is 5.95 Å². The summed E-state index contributed by atoms with van der Waals surface area (Å²) in [4.78, 5) is 20.9. The fourth-order valence-corrected chi connectivity index (χ4v) is 2.78. The van der Waals surface area contributed by atoms with Gasteiger partial charge < -0.3 is 11.1 Å². The minimum Gasteiger partial charge on any atom is -0.368 e. The number of anilines is 1. The lowest BCUT2D eigenvalue weighted by Gasteiger charge is -2.12. The summed E-state index contributed by atoms with van der Waals surface area (Å²) in [6, 6.07) is 18.0. The van der Waals surface area contributed by atoms with E-state index in [0.29, 0.717) is 23.5 Å². The lowest BCUT2D eigenvalue weighted by molar-refractivity contribution is 0.0955. The zero-order valence-electron chi connectivity index (χ0n) is 14.3. The predicted octanol–water partition coefficient (Wildman–Crippen LogP) is 3.45. The van der Waals surface area contributed by atoms with Crippen LogP contribution in [0.1, 0.15) is 23.0 Å². The van der Waals surface area contributed by atoms with E-state index in [2.05, 4.69) is 27.4 Å². The Hall–Kier alpha value is -3.21. The number of hydrogen-bond acceptors (Lipinski definition) is 4. The second-order valence-electron chi connectivity index (χ2n) is 5.69. The van der Waals surface area contributed by atoms with Crippen LogP contribution >= 0.6 is 0 Å². The molecule has 0 aliphatic carbocycles. The van der Waals surface area contributed by atoms with E-state index >= 15 is 0 Å². The number of aromatic nitrogens is 2. The molecule has 0 saturated heterocycles. The topological polar surface area (TPSA) is 80.9 Å². The molecular weight excluding hydrogens is 312 g/mol. The number of carbonyl (C=O) groups is 1. The first-order chi connectivity index (χ1) is 12.1. The summed E-state index contributed by atoms with van der Waals surface area (Å²) < 4.78 is 0. The highest BCUT2D eigenvalue weighted by Crippen LogP contribution is 2.27. The van der Waals surface area contributed by atoms with Gasteiger partial charge in [-0.05, 0) is 25.0 Å². The maximum absolute atomic E-state index is 12.4. The van der Waals surface area contributed by atoms with E-state index in [9.17, 15) is 4.79 Å². The van der Waals surface area contributed by atoms with E-state index in [1.54, 1.807) is 6.92 Å². The number of benzene rings is 2. The predicted molar refractivity (Wildman–Crippen MR) is 100 cm³/mol. The van der Waals surface area contributed by atoms with Crippen LogP contribution in [-0.4, -0.2) is 22.4 Å². The number of nitrogens with one attached hydrogen (secondary N) is 1. The van der Waals surface area contributed by atoms with Gasteiger partial charge in [-0.1, -0.05) is 54.6 Å². The van der Waals surface area contributed by atoms with Crippen molar-refractivity contribution in [1.29, 1.82) is 0 Å². The molecule has 1 heterocycles. The van der Waals surface area contributed by atoms with Crippen LogP contribution in [0.25, 0.3) is 22.4 Å². The molecule has 25 heavy (non-hydrogen) atoms. The summed E-state index contributed by atoms with van der Waals surface area (Å²) in [6.07, 6.45) is 0. The summed E-state index contributed by atoms with van der Waals surface area (Å²) in [5, 5.41) is 2.81. The summed E-state index contributed by atoms with van der Waals surface area (Å²) in [5.74, 6) is -0.0326. The molecule has 0 aliphatic heterocycles. The van der Waals surface area contributed by atoms with Gasteiger partial charge in [-0.25, -0.2) is 9.97 Å². The summed E-state index contributed by atoms with van der Waals surface area (Å²) >= 11 is 0. The van der Waals surface area contributed by atoms with Crippen molar-refractivity contribution < 1.29 is 4.79 Å². The number of aryl methyl sites for hydroxylation is 1. The first-order valence-electron chi connectivity index (χ1n) is 8.18. The molecule has 0 atom stereocenters. The molecule has 0 radical (unpaired) electrons. The van der Waals surface area contributed by atoms with Crippen molar-refractivity contribution in [3.63, 3.8) is 0 Å². The molecule has 1 aromatic heterocycles. The summed E-state index contributed by atoms with van der Waals surface area (Å²) in [6.45, 7) is 4.18. The monoisotopic (exact) mass is 332 g/mol. The Kier molecular flexibility index (Phi) is 4.75. The summed E-state index contributed by atoms with van der Waals surface area (Å²) in [5.41, 5.74) is 10.5. The third-order valence-electron chi connectivity index (χ3n) is 3.94. The molecule has 0 aliphatic rings. The molecular formula is C20H20N4O. The fourth-order valence-electron chi connectivity index (χ4n) is 2.78. The van der Waals surface area contributed by atoms with E-state index < -0.39 is 0 Å². The number of nitrogen functional groups attached to an aromatic ring is 1. The maximum Gasteiger partial charge on any atom is 0.255 e. The van der Waals surface area contributed by atoms with E-state index in [1.165, 1.54) is 0 Å². The van der Waals surface area contributed by atoms with Crippen molar-refractivity contribution in [1.82, 2.24) is 15.3 Å². The number of nitrogens with two attached hydrogens (primary N) is 1. The highest BCUT2D eigenvalue weighted by atomic mass is 16.1. The Bertz CT molecular complexity index is 890. The molecule has 0 bridgehead atoms. The number of rotatable bonds is 4. The normalized spacial score (nSPS) is 10.5. The van der Waals surface area contributed by atoms with Crippen molar-refractivity contribution in [2.75, 3.05) is 12.3 Å². The van der Waals surface area contributed by atoms with Gasteiger partial charge >= 0.3 is 0 Å². The Morgan fingerprint density at radius 1 is 0.960 bits per heavy atom. The van der Waals surface area contributed by atoms with Gasteiger partial charge in [-0.3, -0.25) is 4.79 Å². The van der Waals surface area contributed by atoms with Crippen LogP contribution in [0.2, 0.25) is 0 Å². The van der Waals surface area contributed by atoms with Gasteiger partial charge in [-0.2, -0.15) is 0 Å². The van der Waals surface area contributed by atoms with Gasteiger partial charge in [0.15, 0.2) is 0 Å². The molecule has 5 nitrogen and oxygen atoms in total. The smallest absolute Gasteiger partial charge is 0.255 e. The van der Waals surface area contributed by atoms with Gasteiger partial charge in [0, 0.05) is 12.1 Å². The van der Waals surface area contributed by atoms with Gasteiger partial charge in [0.1, 0.15) is 0 Å². The first kappa shape index (κ1) is 16.6. The molecule has 0 spiro atoms. The second-order valence-corrected chi connectivity index (χ2v) is 5.69. The molecule has 0 fully saturated rings. The number of nitrogens with zero attached hydrogens (tertiary/aromatic N) is 2. The molecule has 0 saturated carbocycles. The third kappa shape index (κ3) is 3.50. The number of carbonyl (C=O) groups excluding carboxylic acids is 1. The summed E-state index contributed by atoms with van der Waals surface area (Å²) in [7, 11) is 0. The van der Waals surface area contributed by atoms with Crippen molar-refractivity contribution in [2.45, 2.75) is 13.8 Å². The van der Waals surface area contributed by atoms with Gasteiger partial charge in [-0.15, -0.1) is 0 Å². The van der Waals surface area contributed by atoms with Crippen LogP contribution < -0.4 is 11.1 Å². The molecule has 3 aromatic rings. The lowest BCUT2D eigenvalue weighted by Crippen LogP contribution is -2.25. The van der Waals surface area contributed by atoms with Crippen LogP contribution in [0.15, 0.2) is 54.6 Å². The standard InChI is InChI=1S/C20H20N4O/c1-3-22-19(25)17-13(2)23-20(21)24-18(17)16-11-9-15(10-12-16)14-7-5-4-6-8-14/h4-12H,3H2,1-2H3,(H,22,25)(H2,21,23,24). The minimum absolute atomic E-state index is 0.160. The quantitative estimate of drug-likeness (QED) is 0.767. The van der Waals surface area contributed by atoms with Crippen LogP contribution in [0.4, 0.5) is 5.95 Å². The van der Waals surface area contributed by atoms with E-state index in [4.69, 9.17) is 5.73 Å². The molecule has 0 unspecified atom stereocenters. The van der Waals surface area contributed by atoms with Crippen molar-refractivity contribution in [3.8, 4) is 22.4 Å². The molecule has 126 valence electrons. The number of hydrogen-bond donors (Lipinski definition) is 2. The Morgan fingerprint density at radius 2 is 1.56 bits per heavy atom. The van der Waals surface area contributed by atoms with Crippen LogP contribution in [-0.2, 0) is 0 Å². The minimum atomic E-state index is -0.192. The molecule has 3 N–H and O–H groups in total. The van der Waals surface area contributed by atoms with Gasteiger partial charge in [0.05, 0.1) is 17.0 Å². The zero-order chi connectivity index (χ0) is 17.8. The molecule has 3 rings (SSSR count). The van der Waals surface area contributed by atoms with Crippen LogP contribution in [0.3, 0.4) is 0 Å². The third-order valence-corrected chi connectivity index (χ3v) is 3.94. The van der Waals surface area contributed by atoms with Crippen molar-refractivity contribution in [2.24, 2.45) is 0 Å². The average molecular weight is 332 g/mol. The molecule has 2 aromatic carbocycles. The van der Waals surface area contributed by atoms with Gasteiger partial charge in [0.25, 0.3) is 5.91 Å². The van der Waals surface area contributed by atoms with Crippen LogP contribution in [0, 0.1) is 6.92 Å². The average Bonchev–Trinajstić information content (AvgIpc) is 2.62. The van der Waals surface area contributed by atoms with E-state index in [1.807, 2.05) is 49.4 Å². The highest BCUT2D eigenvalue weighted by Gasteiger charge is 2.19. The van der Waals surface area contributed by atoms with Crippen molar-refractivity contribution in [3.05, 3.63) is 65.9 Å². The molecule has 1 amide bonds. The highest BCUT2D eigenvalue weighted by molar-refractivity contribution is 6.01. The zero-order valence-corrected chi connectivity index (χ0v) is 14.3. The second kappa shape index (κ2) is 7.13. The largest absolute Gasteiger partial charge is 0.368 e. The Balaban J connectivity index is 2.05. The Morgan fingerprint density at radius 3 is 2.20 bits per heavy atom. The van der Waals surface area contributed by atoms with E-state index in [-0.39, 0.29) is 11.9 Å².